The Morgan fingerprint density at radius 3 is 2.75 bits per heavy atom. The molecule has 0 aliphatic heterocycles. The lowest BCUT2D eigenvalue weighted by Crippen LogP contribution is -2.18. The Morgan fingerprint density at radius 2 is 2.06 bits per heavy atom. The van der Waals surface area contributed by atoms with Crippen molar-refractivity contribution >= 4 is 11.6 Å². The summed E-state index contributed by atoms with van der Waals surface area (Å²) in [5.74, 6) is 0.613. The standard InChI is InChI=1S/C12H11ClN2O/c13-9-4-2-1-3-8(9)10-7-16-11(15-10)12(14)5-6-12/h1-4,7H,5-6,14H2. The molecule has 1 saturated carbocycles. The predicted octanol–water partition coefficient (Wildman–Crippen LogP) is 2.94. The molecule has 16 heavy (non-hydrogen) atoms. The molecule has 0 bridgehead atoms. The number of benzene rings is 1. The number of aromatic nitrogens is 1. The molecule has 3 rings (SSSR count). The van der Waals surface area contributed by atoms with Crippen molar-refractivity contribution in [3.8, 4) is 11.3 Å². The summed E-state index contributed by atoms with van der Waals surface area (Å²) in [6, 6.07) is 7.56. The molecule has 1 aliphatic carbocycles. The Kier molecular flexibility index (Phi) is 2.06. The first-order valence-electron chi connectivity index (χ1n) is 5.19. The third-order valence-electron chi connectivity index (χ3n) is 2.87. The number of hydrogen-bond acceptors (Lipinski definition) is 3. The zero-order valence-corrected chi connectivity index (χ0v) is 9.37. The molecular formula is C12H11ClN2O. The van der Waals surface area contributed by atoms with E-state index in [1.54, 1.807) is 6.26 Å². The van der Waals surface area contributed by atoms with Crippen molar-refractivity contribution in [1.29, 1.82) is 0 Å². The summed E-state index contributed by atoms with van der Waals surface area (Å²) < 4.78 is 5.41. The van der Waals surface area contributed by atoms with Crippen molar-refractivity contribution in [2.75, 3.05) is 0 Å². The van der Waals surface area contributed by atoms with E-state index in [9.17, 15) is 0 Å². The van der Waals surface area contributed by atoms with Crippen molar-refractivity contribution < 1.29 is 4.42 Å². The number of rotatable bonds is 2. The molecule has 82 valence electrons. The minimum atomic E-state index is -0.334. The molecule has 1 fully saturated rings. The van der Waals surface area contributed by atoms with E-state index in [0.717, 1.165) is 24.1 Å². The average Bonchev–Trinajstić information content (AvgIpc) is 2.84. The van der Waals surface area contributed by atoms with Gasteiger partial charge in [0.25, 0.3) is 0 Å². The number of oxazole rings is 1. The predicted molar refractivity (Wildman–Crippen MR) is 62.0 cm³/mol. The number of nitrogens with two attached hydrogens (primary N) is 1. The van der Waals surface area contributed by atoms with Crippen LogP contribution in [0, 0.1) is 0 Å². The molecule has 0 radical (unpaired) electrons. The molecule has 1 aliphatic rings. The molecule has 0 unspecified atom stereocenters. The number of halogens is 1. The van der Waals surface area contributed by atoms with Gasteiger partial charge in [0.05, 0.1) is 10.6 Å². The topological polar surface area (TPSA) is 52.0 Å². The van der Waals surface area contributed by atoms with Crippen LogP contribution in [0.4, 0.5) is 0 Å². The van der Waals surface area contributed by atoms with Crippen LogP contribution in [0.15, 0.2) is 34.9 Å². The van der Waals surface area contributed by atoms with Crippen LogP contribution in [0.1, 0.15) is 18.7 Å². The van der Waals surface area contributed by atoms with Crippen LogP contribution in [0.2, 0.25) is 5.02 Å². The molecule has 0 saturated heterocycles. The van der Waals surface area contributed by atoms with E-state index >= 15 is 0 Å². The maximum atomic E-state index is 6.08. The third-order valence-corrected chi connectivity index (χ3v) is 3.20. The zero-order chi connectivity index (χ0) is 11.2. The first-order valence-corrected chi connectivity index (χ1v) is 5.57. The van der Waals surface area contributed by atoms with Gasteiger partial charge in [-0.25, -0.2) is 4.98 Å². The Hall–Kier alpha value is -1.32. The van der Waals surface area contributed by atoms with Crippen molar-refractivity contribution in [3.05, 3.63) is 41.4 Å². The number of nitrogens with zero attached hydrogens (tertiary/aromatic N) is 1. The van der Waals surface area contributed by atoms with Gasteiger partial charge in [0.1, 0.15) is 12.0 Å². The highest BCUT2D eigenvalue weighted by atomic mass is 35.5. The molecule has 0 amide bonds. The lowest BCUT2D eigenvalue weighted by atomic mass is 10.2. The van der Waals surface area contributed by atoms with Gasteiger partial charge in [0, 0.05) is 5.56 Å². The Bertz CT molecular complexity index is 531. The highest BCUT2D eigenvalue weighted by molar-refractivity contribution is 6.33. The second-order valence-electron chi connectivity index (χ2n) is 4.17. The van der Waals surface area contributed by atoms with Crippen molar-refractivity contribution in [1.82, 2.24) is 4.98 Å². The lowest BCUT2D eigenvalue weighted by molar-refractivity contribution is 0.440. The second kappa shape index (κ2) is 3.34. The largest absolute Gasteiger partial charge is 0.446 e. The molecular weight excluding hydrogens is 224 g/mol. The molecule has 0 atom stereocenters. The van der Waals surface area contributed by atoms with E-state index in [2.05, 4.69) is 4.98 Å². The van der Waals surface area contributed by atoms with Gasteiger partial charge < -0.3 is 10.2 Å². The summed E-state index contributed by atoms with van der Waals surface area (Å²) in [5.41, 5.74) is 7.30. The van der Waals surface area contributed by atoms with Gasteiger partial charge >= 0.3 is 0 Å². The molecule has 4 heteroatoms. The highest BCUT2D eigenvalue weighted by Crippen LogP contribution is 2.43. The fourth-order valence-electron chi connectivity index (χ4n) is 1.64. The molecule has 2 aromatic rings. The third kappa shape index (κ3) is 1.52. The first kappa shape index (κ1) is 9.87. The van der Waals surface area contributed by atoms with Gasteiger partial charge in [-0.2, -0.15) is 0 Å². The Labute approximate surface area is 98.2 Å². The quantitative estimate of drug-likeness (QED) is 0.869. The molecule has 2 N–H and O–H groups in total. The van der Waals surface area contributed by atoms with Crippen LogP contribution >= 0.6 is 11.6 Å². The summed E-state index contributed by atoms with van der Waals surface area (Å²) >= 11 is 6.08. The zero-order valence-electron chi connectivity index (χ0n) is 8.61. The van der Waals surface area contributed by atoms with E-state index in [1.165, 1.54) is 0 Å². The highest BCUT2D eigenvalue weighted by Gasteiger charge is 2.44. The average molecular weight is 235 g/mol. The van der Waals surface area contributed by atoms with Crippen molar-refractivity contribution in [2.45, 2.75) is 18.4 Å². The van der Waals surface area contributed by atoms with Gasteiger partial charge in [-0.15, -0.1) is 0 Å². The van der Waals surface area contributed by atoms with Gasteiger partial charge in [0.15, 0.2) is 0 Å². The van der Waals surface area contributed by atoms with Crippen molar-refractivity contribution in [3.63, 3.8) is 0 Å². The first-order chi connectivity index (χ1) is 7.69. The molecule has 1 heterocycles. The molecule has 1 aromatic carbocycles. The van der Waals surface area contributed by atoms with Gasteiger partial charge in [0.2, 0.25) is 5.89 Å². The lowest BCUT2D eigenvalue weighted by Gasteiger charge is -2.00. The maximum Gasteiger partial charge on any atom is 0.214 e. The van der Waals surface area contributed by atoms with Crippen LogP contribution in [-0.4, -0.2) is 4.98 Å². The van der Waals surface area contributed by atoms with E-state index in [4.69, 9.17) is 21.8 Å². The minimum absolute atomic E-state index is 0.334. The summed E-state index contributed by atoms with van der Waals surface area (Å²) in [6.07, 6.45) is 3.49. The molecule has 3 nitrogen and oxygen atoms in total. The van der Waals surface area contributed by atoms with Crippen LogP contribution in [0.3, 0.4) is 0 Å². The van der Waals surface area contributed by atoms with Crippen LogP contribution in [-0.2, 0) is 5.54 Å². The summed E-state index contributed by atoms with van der Waals surface area (Å²) in [4.78, 5) is 4.40. The maximum absolute atomic E-state index is 6.08. The van der Waals surface area contributed by atoms with Crippen molar-refractivity contribution in [2.24, 2.45) is 5.73 Å². The van der Waals surface area contributed by atoms with Crippen LogP contribution in [0.5, 0.6) is 0 Å². The van der Waals surface area contributed by atoms with E-state index in [0.29, 0.717) is 10.9 Å². The smallest absolute Gasteiger partial charge is 0.214 e. The van der Waals surface area contributed by atoms with Gasteiger partial charge in [-0.3, -0.25) is 0 Å². The van der Waals surface area contributed by atoms with E-state index < -0.39 is 0 Å². The fourth-order valence-corrected chi connectivity index (χ4v) is 1.88. The Morgan fingerprint density at radius 1 is 1.31 bits per heavy atom. The minimum Gasteiger partial charge on any atom is -0.446 e. The van der Waals surface area contributed by atoms with Gasteiger partial charge in [-0.1, -0.05) is 29.8 Å². The molecule has 1 aromatic heterocycles. The van der Waals surface area contributed by atoms with E-state index in [1.807, 2.05) is 24.3 Å². The van der Waals surface area contributed by atoms with Crippen LogP contribution in [0.25, 0.3) is 11.3 Å². The normalized spacial score (nSPS) is 17.4. The SMILES string of the molecule is NC1(c2nc(-c3ccccc3Cl)co2)CC1. The Balaban J connectivity index is 2.02. The molecule has 0 spiro atoms. The van der Waals surface area contributed by atoms with E-state index in [-0.39, 0.29) is 5.54 Å². The van der Waals surface area contributed by atoms with Crippen LogP contribution < -0.4 is 5.73 Å². The second-order valence-corrected chi connectivity index (χ2v) is 4.58. The number of hydrogen-bond donors (Lipinski definition) is 1. The summed E-state index contributed by atoms with van der Waals surface area (Å²) in [5, 5.41) is 0.671. The fraction of sp³-hybridized carbons (Fsp3) is 0.250. The van der Waals surface area contributed by atoms with Gasteiger partial charge in [-0.05, 0) is 18.9 Å². The summed E-state index contributed by atoms with van der Waals surface area (Å²) in [7, 11) is 0. The summed E-state index contributed by atoms with van der Waals surface area (Å²) in [6.45, 7) is 0. The monoisotopic (exact) mass is 234 g/mol.